The maximum Gasteiger partial charge on any atom is 0.259 e. The lowest BCUT2D eigenvalue weighted by Crippen LogP contribution is -2.40. The highest BCUT2D eigenvalue weighted by atomic mass is 16.5. The molecule has 1 saturated heterocycles. The van der Waals surface area contributed by atoms with E-state index in [1.54, 1.807) is 0 Å². The maximum atomic E-state index is 13.2. The summed E-state index contributed by atoms with van der Waals surface area (Å²) in [5.74, 6) is 0.958. The van der Waals surface area contributed by atoms with Crippen LogP contribution in [-0.4, -0.2) is 47.1 Å². The van der Waals surface area contributed by atoms with E-state index >= 15 is 0 Å². The average molecular weight is 344 g/mol. The van der Waals surface area contributed by atoms with Crippen LogP contribution in [0.15, 0.2) is 10.6 Å². The van der Waals surface area contributed by atoms with Crippen LogP contribution in [0, 0.1) is 12.8 Å². The van der Waals surface area contributed by atoms with Crippen molar-refractivity contribution in [3.8, 4) is 0 Å². The topological polar surface area (TPSA) is 71.3 Å². The van der Waals surface area contributed by atoms with Gasteiger partial charge in [0.1, 0.15) is 0 Å². The zero-order valence-electron chi connectivity index (χ0n) is 15.6. The molecule has 1 N–H and O–H groups in total. The Morgan fingerprint density at radius 3 is 2.76 bits per heavy atom. The summed E-state index contributed by atoms with van der Waals surface area (Å²) >= 11 is 0. The lowest BCUT2D eigenvalue weighted by Gasteiger charge is -2.32. The largest absolute Gasteiger partial charge is 0.339 e. The van der Waals surface area contributed by atoms with Crippen molar-refractivity contribution in [2.75, 3.05) is 26.2 Å². The molecule has 6 heteroatoms. The number of nitrogens with zero attached hydrogens (tertiary/aromatic N) is 3. The molecule has 0 aliphatic carbocycles. The highest BCUT2D eigenvalue weighted by molar-refractivity contribution is 6.06. The van der Waals surface area contributed by atoms with Gasteiger partial charge in [0.15, 0.2) is 0 Å². The van der Waals surface area contributed by atoms with E-state index in [1.165, 1.54) is 0 Å². The van der Waals surface area contributed by atoms with Gasteiger partial charge >= 0.3 is 0 Å². The number of likely N-dealkylation sites (tertiary alicyclic amines) is 1. The Morgan fingerprint density at radius 2 is 2.12 bits per heavy atom. The highest BCUT2D eigenvalue weighted by Gasteiger charge is 2.27. The van der Waals surface area contributed by atoms with E-state index in [2.05, 4.69) is 36.2 Å². The van der Waals surface area contributed by atoms with Crippen LogP contribution in [0.1, 0.15) is 61.3 Å². The quantitative estimate of drug-likeness (QED) is 0.902. The Bertz CT molecular complexity index is 745. The summed E-state index contributed by atoms with van der Waals surface area (Å²) in [6.45, 7) is 11.8. The molecule has 0 radical (unpaired) electrons. The van der Waals surface area contributed by atoms with Crippen molar-refractivity contribution in [1.82, 2.24) is 20.4 Å². The molecule has 0 bridgehead atoms. The standard InChI is InChI=1S/C19H28N4O2/c1-5-20-11-14-6-8-23(9-7-14)19(24)15-10-16(12(2)3)21-18-17(15)13(4)22-25-18/h10,12,14,20H,5-9,11H2,1-4H3. The van der Waals surface area contributed by atoms with Crippen LogP contribution in [-0.2, 0) is 0 Å². The number of rotatable bonds is 5. The van der Waals surface area contributed by atoms with Crippen LogP contribution in [0.2, 0.25) is 0 Å². The molecular formula is C19H28N4O2. The van der Waals surface area contributed by atoms with Gasteiger partial charge in [0.2, 0.25) is 0 Å². The summed E-state index contributed by atoms with van der Waals surface area (Å²) in [6, 6.07) is 1.92. The van der Waals surface area contributed by atoms with Gasteiger partial charge in [0.05, 0.1) is 16.6 Å². The number of pyridine rings is 1. The first kappa shape index (κ1) is 17.9. The molecule has 3 rings (SSSR count). The number of amides is 1. The summed E-state index contributed by atoms with van der Waals surface area (Å²) in [6.07, 6.45) is 2.10. The first-order chi connectivity index (χ1) is 12.0. The Morgan fingerprint density at radius 1 is 1.40 bits per heavy atom. The van der Waals surface area contributed by atoms with Crippen molar-refractivity contribution >= 4 is 17.0 Å². The number of carbonyl (C=O) groups is 1. The first-order valence-corrected chi connectivity index (χ1v) is 9.28. The summed E-state index contributed by atoms with van der Waals surface area (Å²) in [4.78, 5) is 19.7. The van der Waals surface area contributed by atoms with Gasteiger partial charge in [0, 0.05) is 18.8 Å². The van der Waals surface area contributed by atoms with Gasteiger partial charge in [-0.3, -0.25) is 4.79 Å². The van der Waals surface area contributed by atoms with Crippen molar-refractivity contribution in [1.29, 1.82) is 0 Å². The maximum absolute atomic E-state index is 13.2. The normalized spacial score (nSPS) is 16.1. The number of aromatic nitrogens is 2. The molecule has 0 saturated carbocycles. The lowest BCUT2D eigenvalue weighted by molar-refractivity contribution is 0.0692. The number of aryl methyl sites for hydroxylation is 1. The van der Waals surface area contributed by atoms with Crippen LogP contribution in [0.5, 0.6) is 0 Å². The molecule has 1 aliphatic rings. The predicted octanol–water partition coefficient (Wildman–Crippen LogP) is 3.12. The minimum absolute atomic E-state index is 0.0718. The monoisotopic (exact) mass is 344 g/mol. The van der Waals surface area contributed by atoms with Gasteiger partial charge in [-0.25, -0.2) is 4.98 Å². The SMILES string of the molecule is CCNCC1CCN(C(=O)c2cc(C(C)C)nc3onc(C)c23)CC1. The second-order valence-corrected chi connectivity index (χ2v) is 7.24. The van der Waals surface area contributed by atoms with E-state index in [0.29, 0.717) is 17.2 Å². The highest BCUT2D eigenvalue weighted by Crippen LogP contribution is 2.27. The van der Waals surface area contributed by atoms with Crippen LogP contribution >= 0.6 is 0 Å². The van der Waals surface area contributed by atoms with Gasteiger partial charge < -0.3 is 14.7 Å². The van der Waals surface area contributed by atoms with Gasteiger partial charge in [-0.2, -0.15) is 0 Å². The summed E-state index contributed by atoms with van der Waals surface area (Å²) in [5.41, 5.74) is 2.74. The van der Waals surface area contributed by atoms with Gasteiger partial charge in [-0.05, 0) is 50.8 Å². The van der Waals surface area contributed by atoms with Crippen molar-refractivity contribution in [3.05, 3.63) is 23.0 Å². The number of piperidine rings is 1. The third kappa shape index (κ3) is 3.68. The van der Waals surface area contributed by atoms with Crippen LogP contribution in [0.25, 0.3) is 11.1 Å². The fourth-order valence-electron chi connectivity index (χ4n) is 3.44. The Balaban J connectivity index is 1.84. The summed E-state index contributed by atoms with van der Waals surface area (Å²) < 4.78 is 5.34. The molecule has 25 heavy (non-hydrogen) atoms. The summed E-state index contributed by atoms with van der Waals surface area (Å²) in [5, 5.41) is 8.18. The predicted molar refractivity (Wildman–Crippen MR) is 97.8 cm³/mol. The summed E-state index contributed by atoms with van der Waals surface area (Å²) in [7, 11) is 0. The number of hydrogen-bond acceptors (Lipinski definition) is 5. The zero-order chi connectivity index (χ0) is 18.0. The van der Waals surface area contributed by atoms with E-state index < -0.39 is 0 Å². The average Bonchev–Trinajstić information content (AvgIpc) is 3.00. The Labute approximate surface area is 149 Å². The van der Waals surface area contributed by atoms with Gasteiger partial charge in [-0.1, -0.05) is 25.9 Å². The number of nitrogens with one attached hydrogen (secondary N) is 1. The third-order valence-electron chi connectivity index (χ3n) is 5.04. The van der Waals surface area contributed by atoms with Crippen molar-refractivity contribution in [2.24, 2.45) is 5.92 Å². The van der Waals surface area contributed by atoms with Crippen molar-refractivity contribution in [3.63, 3.8) is 0 Å². The van der Waals surface area contributed by atoms with Crippen LogP contribution < -0.4 is 5.32 Å². The number of fused-ring (bicyclic) bond motifs is 1. The molecule has 2 aromatic heterocycles. The Hall–Kier alpha value is -1.95. The Kier molecular flexibility index (Phi) is 5.37. The number of carbonyl (C=O) groups excluding carboxylic acids is 1. The molecule has 2 aromatic rings. The van der Waals surface area contributed by atoms with E-state index in [9.17, 15) is 4.79 Å². The lowest BCUT2D eigenvalue weighted by atomic mass is 9.95. The molecule has 136 valence electrons. The molecule has 1 fully saturated rings. The van der Waals surface area contributed by atoms with Gasteiger partial charge in [-0.15, -0.1) is 0 Å². The van der Waals surface area contributed by atoms with E-state index in [-0.39, 0.29) is 11.8 Å². The molecule has 0 spiro atoms. The van der Waals surface area contributed by atoms with E-state index in [0.717, 1.165) is 55.8 Å². The smallest absolute Gasteiger partial charge is 0.259 e. The van der Waals surface area contributed by atoms with Crippen LogP contribution in [0.4, 0.5) is 0 Å². The molecule has 0 aromatic carbocycles. The fraction of sp³-hybridized carbons (Fsp3) is 0.632. The first-order valence-electron chi connectivity index (χ1n) is 9.28. The van der Waals surface area contributed by atoms with E-state index in [1.807, 2.05) is 17.9 Å². The molecule has 6 nitrogen and oxygen atoms in total. The van der Waals surface area contributed by atoms with Crippen molar-refractivity contribution in [2.45, 2.75) is 46.5 Å². The molecule has 1 amide bonds. The fourth-order valence-corrected chi connectivity index (χ4v) is 3.44. The third-order valence-corrected chi connectivity index (χ3v) is 5.04. The molecular weight excluding hydrogens is 316 g/mol. The molecule has 1 aliphatic heterocycles. The second kappa shape index (κ2) is 7.52. The molecule has 0 unspecified atom stereocenters. The minimum Gasteiger partial charge on any atom is -0.339 e. The minimum atomic E-state index is 0.0718. The van der Waals surface area contributed by atoms with Crippen molar-refractivity contribution < 1.29 is 9.32 Å². The molecule has 0 atom stereocenters. The molecule has 3 heterocycles. The van der Waals surface area contributed by atoms with Crippen LogP contribution in [0.3, 0.4) is 0 Å². The second-order valence-electron chi connectivity index (χ2n) is 7.24. The zero-order valence-corrected chi connectivity index (χ0v) is 15.6. The number of hydrogen-bond donors (Lipinski definition) is 1. The van der Waals surface area contributed by atoms with Gasteiger partial charge in [0.25, 0.3) is 11.6 Å². The van der Waals surface area contributed by atoms with E-state index in [4.69, 9.17) is 4.52 Å².